The average molecular weight is 250 g/mol. The summed E-state index contributed by atoms with van der Waals surface area (Å²) in [4.78, 5) is 23.0. The molecule has 13 heavy (non-hydrogen) atoms. The normalized spacial score (nSPS) is 24.4. The minimum atomic E-state index is -0.0579. The van der Waals surface area contributed by atoms with Gasteiger partial charge in [-0.25, -0.2) is 0 Å². The Balaban J connectivity index is 2.21. The maximum Gasteiger partial charge on any atom is 0.293 e. The van der Waals surface area contributed by atoms with Crippen LogP contribution >= 0.6 is 15.9 Å². The number of carbonyl (C=O) groups is 2. The second-order valence-electron chi connectivity index (χ2n) is 2.95. The van der Waals surface area contributed by atoms with Gasteiger partial charge in [0, 0.05) is 26.1 Å². The van der Waals surface area contributed by atoms with Gasteiger partial charge < -0.3 is 4.74 Å². The van der Waals surface area contributed by atoms with Crippen LogP contribution in [0, 0.1) is 0 Å². The monoisotopic (exact) mass is 249 g/mol. The number of halogens is 1. The number of rotatable bonds is 4. The standard InChI is InChI=1S/C8H12BrNO3/c9-7-5-10(2-1-8(7)12)3-4-13-6-11/h6-7H,1-5H2. The van der Waals surface area contributed by atoms with Crippen molar-refractivity contribution in [3.63, 3.8) is 0 Å². The van der Waals surface area contributed by atoms with E-state index in [1.54, 1.807) is 0 Å². The van der Waals surface area contributed by atoms with Gasteiger partial charge in [-0.1, -0.05) is 15.9 Å². The Kier molecular flexibility index (Phi) is 4.38. The van der Waals surface area contributed by atoms with E-state index in [0.29, 0.717) is 32.6 Å². The van der Waals surface area contributed by atoms with Crippen LogP contribution in [0.4, 0.5) is 0 Å². The first kappa shape index (κ1) is 10.7. The fourth-order valence-corrected chi connectivity index (χ4v) is 1.92. The minimum absolute atomic E-state index is 0.0579. The van der Waals surface area contributed by atoms with Gasteiger partial charge in [0.05, 0.1) is 4.83 Å². The zero-order valence-corrected chi connectivity index (χ0v) is 8.83. The fourth-order valence-electron chi connectivity index (χ4n) is 1.28. The third-order valence-electron chi connectivity index (χ3n) is 2.04. The summed E-state index contributed by atoms with van der Waals surface area (Å²) >= 11 is 3.30. The molecule has 1 rings (SSSR count). The molecule has 74 valence electrons. The molecule has 1 atom stereocenters. The van der Waals surface area contributed by atoms with Gasteiger partial charge in [0.1, 0.15) is 12.4 Å². The van der Waals surface area contributed by atoms with Gasteiger partial charge in [-0.2, -0.15) is 0 Å². The van der Waals surface area contributed by atoms with Crippen LogP contribution in [-0.2, 0) is 14.3 Å². The van der Waals surface area contributed by atoms with Gasteiger partial charge in [0.2, 0.25) is 0 Å². The number of Topliss-reactive ketones (excluding diaryl/α,β-unsaturated/α-hetero) is 1. The van der Waals surface area contributed by atoms with E-state index in [9.17, 15) is 9.59 Å². The molecule has 0 amide bonds. The highest BCUT2D eigenvalue weighted by Gasteiger charge is 2.24. The first-order valence-corrected chi connectivity index (χ1v) is 5.10. The van der Waals surface area contributed by atoms with Crippen molar-refractivity contribution >= 4 is 28.2 Å². The smallest absolute Gasteiger partial charge is 0.293 e. The van der Waals surface area contributed by atoms with Gasteiger partial charge in [-0.3, -0.25) is 14.5 Å². The molecule has 5 heteroatoms. The molecule has 1 fully saturated rings. The number of nitrogens with zero attached hydrogens (tertiary/aromatic N) is 1. The first-order valence-electron chi connectivity index (χ1n) is 4.18. The third kappa shape index (κ3) is 3.44. The summed E-state index contributed by atoms with van der Waals surface area (Å²) in [6.45, 7) is 3.02. The SMILES string of the molecule is O=COCCN1CCC(=O)C(Br)C1. The average Bonchev–Trinajstić information content (AvgIpc) is 2.12. The Labute approximate surface area is 85.4 Å². The number of ether oxygens (including phenoxy) is 1. The van der Waals surface area contributed by atoms with Crippen molar-refractivity contribution in [1.82, 2.24) is 4.90 Å². The van der Waals surface area contributed by atoms with Gasteiger partial charge in [-0.05, 0) is 0 Å². The highest BCUT2D eigenvalue weighted by atomic mass is 79.9. The zero-order chi connectivity index (χ0) is 9.68. The molecule has 0 saturated carbocycles. The topological polar surface area (TPSA) is 46.6 Å². The van der Waals surface area contributed by atoms with E-state index < -0.39 is 0 Å². The molecule has 0 aliphatic carbocycles. The van der Waals surface area contributed by atoms with Crippen molar-refractivity contribution in [1.29, 1.82) is 0 Å². The quantitative estimate of drug-likeness (QED) is 0.406. The van der Waals surface area contributed by atoms with Gasteiger partial charge in [0.15, 0.2) is 0 Å². The molecule has 0 radical (unpaired) electrons. The molecule has 0 bridgehead atoms. The lowest BCUT2D eigenvalue weighted by atomic mass is 10.1. The van der Waals surface area contributed by atoms with Crippen molar-refractivity contribution in [2.75, 3.05) is 26.2 Å². The molecule has 0 N–H and O–H groups in total. The molecule has 1 aliphatic heterocycles. The van der Waals surface area contributed by atoms with E-state index in [4.69, 9.17) is 0 Å². The highest BCUT2D eigenvalue weighted by Crippen LogP contribution is 2.12. The predicted octanol–water partition coefficient (Wildman–Crippen LogP) is 0.198. The highest BCUT2D eigenvalue weighted by molar-refractivity contribution is 9.10. The zero-order valence-electron chi connectivity index (χ0n) is 7.24. The van der Waals surface area contributed by atoms with Gasteiger partial charge in [-0.15, -0.1) is 0 Å². The molecular formula is C8H12BrNO3. The Morgan fingerprint density at radius 2 is 2.46 bits per heavy atom. The predicted molar refractivity (Wildman–Crippen MR) is 50.8 cm³/mol. The largest absolute Gasteiger partial charge is 0.467 e. The Bertz CT molecular complexity index is 198. The van der Waals surface area contributed by atoms with Crippen LogP contribution in [0.3, 0.4) is 0 Å². The van der Waals surface area contributed by atoms with Crippen molar-refractivity contribution < 1.29 is 14.3 Å². The lowest BCUT2D eigenvalue weighted by Crippen LogP contribution is -2.42. The minimum Gasteiger partial charge on any atom is -0.467 e. The molecule has 1 heterocycles. The molecule has 1 saturated heterocycles. The van der Waals surface area contributed by atoms with Crippen molar-refractivity contribution in [2.45, 2.75) is 11.2 Å². The van der Waals surface area contributed by atoms with E-state index in [1.807, 2.05) is 0 Å². The summed E-state index contributed by atoms with van der Waals surface area (Å²) in [6, 6.07) is 0. The number of hydrogen-bond donors (Lipinski definition) is 0. The second-order valence-corrected chi connectivity index (χ2v) is 4.06. The number of carbonyl (C=O) groups excluding carboxylic acids is 2. The molecule has 0 aromatic carbocycles. The van der Waals surface area contributed by atoms with E-state index in [0.717, 1.165) is 6.54 Å². The van der Waals surface area contributed by atoms with Crippen molar-refractivity contribution in [3.05, 3.63) is 0 Å². The molecule has 0 aromatic heterocycles. The van der Waals surface area contributed by atoms with Crippen molar-refractivity contribution in [2.24, 2.45) is 0 Å². The Morgan fingerprint density at radius 3 is 3.08 bits per heavy atom. The number of likely N-dealkylation sites (tertiary alicyclic amines) is 1. The van der Waals surface area contributed by atoms with Gasteiger partial charge in [0.25, 0.3) is 6.47 Å². The van der Waals surface area contributed by atoms with Gasteiger partial charge >= 0.3 is 0 Å². The maximum atomic E-state index is 11.1. The van der Waals surface area contributed by atoms with Crippen LogP contribution in [0.1, 0.15) is 6.42 Å². The molecule has 4 nitrogen and oxygen atoms in total. The molecular weight excluding hydrogens is 238 g/mol. The van der Waals surface area contributed by atoms with Crippen LogP contribution in [0.2, 0.25) is 0 Å². The van der Waals surface area contributed by atoms with Crippen LogP contribution in [0.5, 0.6) is 0 Å². The van der Waals surface area contributed by atoms with Crippen LogP contribution in [0.25, 0.3) is 0 Å². The van der Waals surface area contributed by atoms with Crippen LogP contribution in [0.15, 0.2) is 0 Å². The molecule has 1 aliphatic rings. The lowest BCUT2D eigenvalue weighted by molar-refractivity contribution is -0.129. The van der Waals surface area contributed by atoms with E-state index in [2.05, 4.69) is 25.6 Å². The molecule has 1 unspecified atom stereocenters. The van der Waals surface area contributed by atoms with E-state index in [-0.39, 0.29) is 10.6 Å². The Hall–Kier alpha value is -0.420. The summed E-state index contributed by atoms with van der Waals surface area (Å²) in [5.74, 6) is 0.257. The summed E-state index contributed by atoms with van der Waals surface area (Å²) in [5.41, 5.74) is 0. The van der Waals surface area contributed by atoms with Crippen LogP contribution < -0.4 is 0 Å². The number of alkyl halides is 1. The third-order valence-corrected chi connectivity index (χ3v) is 2.84. The molecule has 0 spiro atoms. The number of ketones is 1. The first-order chi connectivity index (χ1) is 6.24. The Morgan fingerprint density at radius 1 is 1.69 bits per heavy atom. The fraction of sp³-hybridized carbons (Fsp3) is 0.750. The summed E-state index contributed by atoms with van der Waals surface area (Å²) in [5, 5.41) is 0. The summed E-state index contributed by atoms with van der Waals surface area (Å²) < 4.78 is 4.58. The number of piperidine rings is 1. The summed E-state index contributed by atoms with van der Waals surface area (Å²) in [6.07, 6.45) is 0.580. The second kappa shape index (κ2) is 5.34. The summed E-state index contributed by atoms with van der Waals surface area (Å²) in [7, 11) is 0. The molecule has 0 aromatic rings. The van der Waals surface area contributed by atoms with Crippen LogP contribution in [-0.4, -0.2) is 48.2 Å². The van der Waals surface area contributed by atoms with E-state index >= 15 is 0 Å². The number of hydrogen-bond acceptors (Lipinski definition) is 4. The maximum absolute atomic E-state index is 11.1. The van der Waals surface area contributed by atoms with E-state index in [1.165, 1.54) is 0 Å². The lowest BCUT2D eigenvalue weighted by Gasteiger charge is -2.28. The van der Waals surface area contributed by atoms with Crippen molar-refractivity contribution in [3.8, 4) is 0 Å².